The molecule has 1 heterocycles. The number of amides is 1. The first-order valence-corrected chi connectivity index (χ1v) is 6.70. The van der Waals surface area contributed by atoms with E-state index in [0.29, 0.717) is 0 Å². The summed E-state index contributed by atoms with van der Waals surface area (Å²) in [6.45, 7) is 1.53. The van der Waals surface area contributed by atoms with Gasteiger partial charge in [0, 0.05) is 12.6 Å². The molecule has 1 aromatic heterocycles. The van der Waals surface area contributed by atoms with Crippen LogP contribution in [0.4, 0.5) is 5.95 Å². The number of carboxylic acids is 1. The van der Waals surface area contributed by atoms with Gasteiger partial charge in [0.15, 0.2) is 0 Å². The van der Waals surface area contributed by atoms with E-state index in [1.165, 1.54) is 24.2 Å². The summed E-state index contributed by atoms with van der Waals surface area (Å²) in [6.07, 6.45) is 4.31. The van der Waals surface area contributed by atoms with Gasteiger partial charge >= 0.3 is 5.97 Å². The van der Waals surface area contributed by atoms with Crippen LogP contribution in [0.15, 0.2) is 42.7 Å². The first-order chi connectivity index (χ1) is 10.6. The molecule has 0 aliphatic carbocycles. The number of hydrogen-bond acceptors (Lipinski definition) is 4. The minimum absolute atomic E-state index is 0.00247. The van der Waals surface area contributed by atoms with Crippen molar-refractivity contribution in [2.75, 3.05) is 11.4 Å². The number of carbonyl (C=O) groups excluding carboxylic acids is 1. The summed E-state index contributed by atoms with van der Waals surface area (Å²) in [7, 11) is 0. The Morgan fingerprint density at radius 1 is 1.36 bits per heavy atom. The summed E-state index contributed by atoms with van der Waals surface area (Å²) < 4.78 is 0. The lowest BCUT2D eigenvalue weighted by atomic mass is 10.1. The molecule has 0 spiro atoms. The van der Waals surface area contributed by atoms with Crippen LogP contribution in [0, 0.1) is 5.92 Å². The number of hydrogen-bond donors (Lipinski definition) is 2. The molecule has 0 radical (unpaired) electrons. The van der Waals surface area contributed by atoms with E-state index in [-0.39, 0.29) is 18.4 Å². The average molecular weight is 300 g/mol. The Morgan fingerprint density at radius 2 is 2.09 bits per heavy atom. The van der Waals surface area contributed by atoms with Crippen molar-refractivity contribution in [3.05, 3.63) is 48.3 Å². The smallest absolute Gasteiger partial charge is 0.308 e. The predicted octanol–water partition coefficient (Wildman–Crippen LogP) is 1.57. The monoisotopic (exact) mass is 300 g/mol. The van der Waals surface area contributed by atoms with E-state index in [0.717, 1.165) is 5.56 Å². The van der Waals surface area contributed by atoms with Gasteiger partial charge < -0.3 is 5.11 Å². The molecule has 7 heteroatoms. The topological polar surface area (TPSA) is 99.2 Å². The summed E-state index contributed by atoms with van der Waals surface area (Å²) in [5.41, 5.74) is 0.875. The van der Waals surface area contributed by atoms with Crippen molar-refractivity contribution in [3.63, 3.8) is 0 Å². The van der Waals surface area contributed by atoms with Gasteiger partial charge in [-0.05, 0) is 11.6 Å². The van der Waals surface area contributed by atoms with Gasteiger partial charge in [0.1, 0.15) is 6.33 Å². The zero-order valence-electron chi connectivity index (χ0n) is 12.0. The maximum atomic E-state index is 12.3. The van der Waals surface area contributed by atoms with Gasteiger partial charge in [-0.2, -0.15) is 10.1 Å². The molecule has 7 nitrogen and oxygen atoms in total. The molecular formula is C15H16N4O3. The van der Waals surface area contributed by atoms with Crippen molar-refractivity contribution in [2.45, 2.75) is 6.92 Å². The molecule has 0 aliphatic heterocycles. The molecule has 0 saturated heterocycles. The fourth-order valence-electron chi connectivity index (χ4n) is 1.78. The van der Waals surface area contributed by atoms with Gasteiger partial charge in [-0.3, -0.25) is 14.5 Å². The van der Waals surface area contributed by atoms with E-state index >= 15 is 0 Å². The number of H-pyrrole nitrogens is 1. The summed E-state index contributed by atoms with van der Waals surface area (Å²) >= 11 is 0. The number of benzene rings is 1. The van der Waals surface area contributed by atoms with Gasteiger partial charge in [-0.25, -0.2) is 5.10 Å². The molecule has 0 saturated carbocycles. The zero-order chi connectivity index (χ0) is 15.9. The van der Waals surface area contributed by atoms with Crippen molar-refractivity contribution >= 4 is 23.9 Å². The highest BCUT2D eigenvalue weighted by atomic mass is 16.4. The Bertz CT molecular complexity index is 653. The normalized spacial score (nSPS) is 12.2. The summed E-state index contributed by atoms with van der Waals surface area (Å²) in [5, 5.41) is 15.3. The number of carboxylic acid groups (broad SMARTS) is 1. The fraction of sp³-hybridized carbons (Fsp3) is 0.200. The lowest BCUT2D eigenvalue weighted by molar-refractivity contribution is -0.140. The van der Waals surface area contributed by atoms with Gasteiger partial charge in [0.05, 0.1) is 5.92 Å². The highest BCUT2D eigenvalue weighted by Crippen LogP contribution is 2.11. The van der Waals surface area contributed by atoms with Crippen LogP contribution in [0.1, 0.15) is 12.5 Å². The number of nitrogens with zero attached hydrogens (tertiary/aromatic N) is 3. The third kappa shape index (κ3) is 4.02. The van der Waals surface area contributed by atoms with Crippen LogP contribution in [0.3, 0.4) is 0 Å². The van der Waals surface area contributed by atoms with E-state index in [1.807, 2.05) is 30.3 Å². The zero-order valence-corrected chi connectivity index (χ0v) is 12.0. The summed E-state index contributed by atoms with van der Waals surface area (Å²) in [4.78, 5) is 28.5. The molecule has 0 aliphatic rings. The lowest BCUT2D eigenvalue weighted by Crippen LogP contribution is -2.36. The number of aliphatic carboxylic acids is 1. The fourth-order valence-corrected chi connectivity index (χ4v) is 1.78. The highest BCUT2D eigenvalue weighted by molar-refractivity contribution is 6.03. The van der Waals surface area contributed by atoms with Crippen molar-refractivity contribution < 1.29 is 14.7 Å². The molecule has 1 atom stereocenters. The molecule has 2 N–H and O–H groups in total. The number of carbonyl (C=O) groups is 2. The Kier molecular flexibility index (Phi) is 5.02. The van der Waals surface area contributed by atoms with Crippen molar-refractivity contribution in [3.8, 4) is 0 Å². The number of nitrogens with one attached hydrogen (secondary N) is 1. The Hall–Kier alpha value is -2.96. The molecule has 1 amide bonds. The van der Waals surface area contributed by atoms with Crippen LogP contribution in [0.5, 0.6) is 0 Å². The Labute approximate surface area is 127 Å². The van der Waals surface area contributed by atoms with Crippen LogP contribution < -0.4 is 4.90 Å². The van der Waals surface area contributed by atoms with E-state index < -0.39 is 11.9 Å². The predicted molar refractivity (Wildman–Crippen MR) is 81.0 cm³/mol. The Balaban J connectivity index is 2.16. The van der Waals surface area contributed by atoms with E-state index in [4.69, 9.17) is 5.11 Å². The number of rotatable bonds is 6. The van der Waals surface area contributed by atoms with Gasteiger partial charge in [-0.1, -0.05) is 37.3 Å². The minimum Gasteiger partial charge on any atom is -0.481 e. The SMILES string of the molecule is CC(CN(C(=O)/C=C/c1ccccc1)c1ncn[nH]1)C(=O)O. The maximum Gasteiger partial charge on any atom is 0.308 e. The van der Waals surface area contributed by atoms with E-state index in [2.05, 4.69) is 15.2 Å². The maximum absolute atomic E-state index is 12.3. The molecule has 2 rings (SSSR count). The largest absolute Gasteiger partial charge is 0.481 e. The third-order valence-corrected chi connectivity index (χ3v) is 3.02. The first kappa shape index (κ1) is 15.4. The van der Waals surface area contributed by atoms with Crippen molar-refractivity contribution in [1.29, 1.82) is 0 Å². The van der Waals surface area contributed by atoms with Crippen LogP contribution in [0.2, 0.25) is 0 Å². The molecule has 114 valence electrons. The quantitative estimate of drug-likeness (QED) is 0.789. The number of aromatic amines is 1. The average Bonchev–Trinajstić information content (AvgIpc) is 3.05. The van der Waals surface area contributed by atoms with E-state index in [1.54, 1.807) is 6.08 Å². The second-order valence-corrected chi connectivity index (χ2v) is 4.74. The number of anilines is 1. The molecule has 1 unspecified atom stereocenters. The summed E-state index contributed by atoms with van der Waals surface area (Å²) in [5.74, 6) is -1.85. The van der Waals surface area contributed by atoms with Crippen LogP contribution in [-0.2, 0) is 9.59 Å². The Morgan fingerprint density at radius 3 is 2.68 bits per heavy atom. The standard InChI is InChI=1S/C15H16N4O3/c1-11(14(21)22)9-19(15-16-10-17-18-15)13(20)8-7-12-5-3-2-4-6-12/h2-8,10-11H,9H2,1H3,(H,21,22)(H,16,17,18)/b8-7+. The second kappa shape index (κ2) is 7.16. The van der Waals surface area contributed by atoms with E-state index in [9.17, 15) is 9.59 Å². The first-order valence-electron chi connectivity index (χ1n) is 6.70. The molecular weight excluding hydrogens is 284 g/mol. The van der Waals surface area contributed by atoms with Crippen LogP contribution in [0.25, 0.3) is 6.08 Å². The summed E-state index contributed by atoms with van der Waals surface area (Å²) in [6, 6.07) is 9.34. The molecule has 0 fully saturated rings. The third-order valence-electron chi connectivity index (χ3n) is 3.02. The van der Waals surface area contributed by atoms with Crippen LogP contribution in [-0.4, -0.2) is 38.7 Å². The van der Waals surface area contributed by atoms with Gasteiger partial charge in [0.25, 0.3) is 5.91 Å². The molecule has 2 aromatic rings. The van der Waals surface area contributed by atoms with Crippen molar-refractivity contribution in [1.82, 2.24) is 15.2 Å². The highest BCUT2D eigenvalue weighted by Gasteiger charge is 2.22. The van der Waals surface area contributed by atoms with Gasteiger partial charge in [-0.15, -0.1) is 0 Å². The minimum atomic E-state index is -0.982. The number of aromatic nitrogens is 3. The lowest BCUT2D eigenvalue weighted by Gasteiger charge is -2.19. The molecule has 0 bridgehead atoms. The van der Waals surface area contributed by atoms with Crippen LogP contribution >= 0.6 is 0 Å². The van der Waals surface area contributed by atoms with Crippen molar-refractivity contribution in [2.24, 2.45) is 5.92 Å². The molecule has 1 aromatic carbocycles. The molecule has 22 heavy (non-hydrogen) atoms. The van der Waals surface area contributed by atoms with Gasteiger partial charge in [0.2, 0.25) is 5.95 Å². The second-order valence-electron chi connectivity index (χ2n) is 4.74.